The molecule has 0 saturated heterocycles. The van der Waals surface area contributed by atoms with E-state index in [2.05, 4.69) is 40.1 Å². The van der Waals surface area contributed by atoms with E-state index in [9.17, 15) is 0 Å². The van der Waals surface area contributed by atoms with Crippen LogP contribution >= 0.6 is 22.6 Å². The molecule has 0 radical (unpaired) electrons. The van der Waals surface area contributed by atoms with Gasteiger partial charge in [-0.25, -0.2) is 5.43 Å². The Morgan fingerprint density at radius 1 is 1.16 bits per heavy atom. The van der Waals surface area contributed by atoms with E-state index in [0.717, 1.165) is 11.3 Å². The van der Waals surface area contributed by atoms with Gasteiger partial charge in [-0.1, -0.05) is 30.3 Å². The first-order chi connectivity index (χ1) is 9.26. The van der Waals surface area contributed by atoms with Gasteiger partial charge >= 0.3 is 0 Å². The van der Waals surface area contributed by atoms with E-state index in [1.54, 1.807) is 0 Å². The van der Waals surface area contributed by atoms with Crippen molar-refractivity contribution in [3.05, 3.63) is 63.2 Å². The summed E-state index contributed by atoms with van der Waals surface area (Å²) in [5, 5.41) is 0. The molecule has 2 aromatic rings. The van der Waals surface area contributed by atoms with Crippen molar-refractivity contribution in [2.75, 3.05) is 6.61 Å². The fraction of sp³-hybridized carbons (Fsp3) is 0.200. The zero-order valence-electron chi connectivity index (χ0n) is 10.8. The van der Waals surface area contributed by atoms with Gasteiger partial charge in [-0.15, -0.1) is 0 Å². The van der Waals surface area contributed by atoms with Crippen LogP contribution in [0.25, 0.3) is 0 Å². The maximum atomic E-state index is 5.72. The second-order valence-corrected chi connectivity index (χ2v) is 5.29. The van der Waals surface area contributed by atoms with Crippen LogP contribution in [0.15, 0.2) is 48.5 Å². The topological polar surface area (TPSA) is 47.3 Å². The van der Waals surface area contributed by atoms with Crippen LogP contribution in [0, 0.1) is 3.57 Å². The van der Waals surface area contributed by atoms with Crippen molar-refractivity contribution in [1.29, 1.82) is 0 Å². The summed E-state index contributed by atoms with van der Waals surface area (Å²) in [5.41, 5.74) is 5.18. The molecule has 0 fully saturated rings. The van der Waals surface area contributed by atoms with E-state index >= 15 is 0 Å². The van der Waals surface area contributed by atoms with Gasteiger partial charge in [-0.05, 0) is 58.8 Å². The Bertz CT molecular complexity index is 528. The SMILES string of the molecule is CCOc1ccc(C(NN)c2ccccc2I)cc1. The molecule has 0 aliphatic carbocycles. The van der Waals surface area contributed by atoms with Crippen molar-refractivity contribution in [2.24, 2.45) is 5.84 Å². The maximum absolute atomic E-state index is 5.72. The molecule has 100 valence electrons. The average molecular weight is 368 g/mol. The Balaban J connectivity index is 2.29. The molecule has 4 heteroatoms. The lowest BCUT2D eigenvalue weighted by molar-refractivity contribution is 0.340. The fourth-order valence-electron chi connectivity index (χ4n) is 2.00. The van der Waals surface area contributed by atoms with E-state index in [-0.39, 0.29) is 6.04 Å². The highest BCUT2D eigenvalue weighted by atomic mass is 127. The molecule has 0 saturated carbocycles. The number of halogens is 1. The standard InChI is InChI=1S/C15H17IN2O/c1-2-19-12-9-7-11(8-10-12)15(18-17)13-5-3-4-6-14(13)16/h3-10,15,18H,2,17H2,1H3. The van der Waals surface area contributed by atoms with Gasteiger partial charge in [0.05, 0.1) is 12.6 Å². The number of hydrazine groups is 1. The van der Waals surface area contributed by atoms with E-state index in [1.807, 2.05) is 43.3 Å². The predicted octanol–water partition coefficient (Wildman–Crippen LogP) is 3.24. The zero-order valence-corrected chi connectivity index (χ0v) is 12.9. The summed E-state index contributed by atoms with van der Waals surface area (Å²) in [6, 6.07) is 16.2. The van der Waals surface area contributed by atoms with Crippen LogP contribution in [0.2, 0.25) is 0 Å². The number of rotatable bonds is 5. The van der Waals surface area contributed by atoms with Gasteiger partial charge in [-0.3, -0.25) is 5.84 Å². The lowest BCUT2D eigenvalue weighted by Crippen LogP contribution is -2.29. The van der Waals surface area contributed by atoms with E-state index in [0.29, 0.717) is 6.61 Å². The van der Waals surface area contributed by atoms with Gasteiger partial charge in [0.2, 0.25) is 0 Å². The van der Waals surface area contributed by atoms with Crippen molar-refractivity contribution in [1.82, 2.24) is 5.43 Å². The maximum Gasteiger partial charge on any atom is 0.119 e. The molecule has 2 rings (SSSR count). The normalized spacial score (nSPS) is 12.2. The second-order valence-electron chi connectivity index (χ2n) is 4.12. The Hall–Kier alpha value is -1.11. The molecule has 1 unspecified atom stereocenters. The molecule has 0 heterocycles. The third kappa shape index (κ3) is 3.46. The quantitative estimate of drug-likeness (QED) is 0.484. The van der Waals surface area contributed by atoms with E-state index in [4.69, 9.17) is 10.6 Å². The van der Waals surface area contributed by atoms with Crippen molar-refractivity contribution in [3.8, 4) is 5.75 Å². The summed E-state index contributed by atoms with van der Waals surface area (Å²) >= 11 is 2.33. The molecule has 0 aliphatic rings. The van der Waals surface area contributed by atoms with Crippen molar-refractivity contribution < 1.29 is 4.74 Å². The first-order valence-electron chi connectivity index (χ1n) is 6.19. The minimum atomic E-state index is -0.0104. The molecule has 1 atom stereocenters. The van der Waals surface area contributed by atoms with Crippen molar-refractivity contribution >= 4 is 22.6 Å². The van der Waals surface area contributed by atoms with Crippen LogP contribution in [-0.4, -0.2) is 6.61 Å². The number of nitrogens with two attached hydrogens (primary N) is 1. The minimum absolute atomic E-state index is 0.0104. The third-order valence-corrected chi connectivity index (χ3v) is 3.89. The van der Waals surface area contributed by atoms with E-state index in [1.165, 1.54) is 9.13 Å². The van der Waals surface area contributed by atoms with Gasteiger partial charge in [0.15, 0.2) is 0 Å². The summed E-state index contributed by atoms with van der Waals surface area (Å²) in [5.74, 6) is 6.60. The largest absolute Gasteiger partial charge is 0.494 e. The Morgan fingerprint density at radius 2 is 1.84 bits per heavy atom. The molecular weight excluding hydrogens is 351 g/mol. The molecule has 0 aromatic heterocycles. The Morgan fingerprint density at radius 3 is 2.42 bits per heavy atom. The first-order valence-corrected chi connectivity index (χ1v) is 7.27. The van der Waals surface area contributed by atoms with Gasteiger partial charge < -0.3 is 4.74 Å². The third-order valence-electron chi connectivity index (χ3n) is 2.91. The number of benzene rings is 2. The highest BCUT2D eigenvalue weighted by Crippen LogP contribution is 2.26. The summed E-state index contributed by atoms with van der Waals surface area (Å²) in [7, 11) is 0. The van der Waals surface area contributed by atoms with Crippen LogP contribution in [0.4, 0.5) is 0 Å². The van der Waals surface area contributed by atoms with Crippen LogP contribution in [0.3, 0.4) is 0 Å². The molecule has 3 nitrogen and oxygen atoms in total. The number of nitrogens with one attached hydrogen (secondary N) is 1. The van der Waals surface area contributed by atoms with Gasteiger partial charge in [0.25, 0.3) is 0 Å². The molecule has 0 spiro atoms. The Labute approximate surface area is 127 Å². The first kappa shape index (κ1) is 14.3. The van der Waals surface area contributed by atoms with Gasteiger partial charge in [-0.2, -0.15) is 0 Å². The van der Waals surface area contributed by atoms with Crippen LogP contribution < -0.4 is 16.0 Å². The predicted molar refractivity (Wildman–Crippen MR) is 85.9 cm³/mol. The summed E-state index contributed by atoms with van der Waals surface area (Å²) in [4.78, 5) is 0. The number of ether oxygens (including phenoxy) is 1. The number of hydrogen-bond acceptors (Lipinski definition) is 3. The number of hydrogen-bond donors (Lipinski definition) is 2. The highest BCUT2D eigenvalue weighted by Gasteiger charge is 2.14. The molecular formula is C15H17IN2O. The average Bonchev–Trinajstić information content (AvgIpc) is 2.44. The van der Waals surface area contributed by atoms with Crippen molar-refractivity contribution in [3.63, 3.8) is 0 Å². The molecule has 19 heavy (non-hydrogen) atoms. The molecule has 3 N–H and O–H groups in total. The zero-order chi connectivity index (χ0) is 13.7. The smallest absolute Gasteiger partial charge is 0.119 e. The lowest BCUT2D eigenvalue weighted by atomic mass is 9.99. The Kier molecular flexibility index (Phi) is 5.18. The molecule has 0 bridgehead atoms. The van der Waals surface area contributed by atoms with Crippen molar-refractivity contribution in [2.45, 2.75) is 13.0 Å². The molecule has 0 aliphatic heterocycles. The van der Waals surface area contributed by atoms with Gasteiger partial charge in [0, 0.05) is 3.57 Å². The van der Waals surface area contributed by atoms with Crippen LogP contribution in [0.1, 0.15) is 24.1 Å². The summed E-state index contributed by atoms with van der Waals surface area (Å²) in [6.45, 7) is 2.65. The summed E-state index contributed by atoms with van der Waals surface area (Å²) < 4.78 is 6.64. The molecule has 0 amide bonds. The monoisotopic (exact) mass is 368 g/mol. The highest BCUT2D eigenvalue weighted by molar-refractivity contribution is 14.1. The van der Waals surface area contributed by atoms with Gasteiger partial charge in [0.1, 0.15) is 5.75 Å². The second kappa shape index (κ2) is 6.88. The van der Waals surface area contributed by atoms with Crippen LogP contribution in [0.5, 0.6) is 5.75 Å². The van der Waals surface area contributed by atoms with E-state index < -0.39 is 0 Å². The minimum Gasteiger partial charge on any atom is -0.494 e. The fourth-order valence-corrected chi connectivity index (χ4v) is 2.70. The molecule has 2 aromatic carbocycles. The lowest BCUT2D eigenvalue weighted by Gasteiger charge is -2.18. The van der Waals surface area contributed by atoms with Crippen LogP contribution in [-0.2, 0) is 0 Å². The summed E-state index contributed by atoms with van der Waals surface area (Å²) in [6.07, 6.45) is 0.